The third kappa shape index (κ3) is 2.94. The van der Waals surface area contributed by atoms with Crippen LogP contribution in [0.4, 0.5) is 0 Å². The molecule has 2 aromatic carbocycles. The molecule has 0 radical (unpaired) electrons. The van der Waals surface area contributed by atoms with E-state index in [4.69, 9.17) is 24.7 Å². The minimum atomic E-state index is -0.813. The molecule has 1 aliphatic heterocycles. The van der Waals surface area contributed by atoms with Gasteiger partial charge in [-0.3, -0.25) is 4.79 Å². The lowest BCUT2D eigenvalue weighted by molar-refractivity contribution is 0.346. The number of methoxy groups -OCH3 is 3. The molecule has 8 heteroatoms. The number of nitrogens with zero attached hydrogens (tertiary/aromatic N) is 2. The van der Waals surface area contributed by atoms with E-state index < -0.39 is 5.92 Å². The molecule has 0 amide bonds. The molecule has 31 heavy (non-hydrogen) atoms. The Morgan fingerprint density at radius 1 is 1.06 bits per heavy atom. The van der Waals surface area contributed by atoms with Crippen LogP contribution in [0.3, 0.4) is 0 Å². The summed E-state index contributed by atoms with van der Waals surface area (Å²) >= 11 is 0. The summed E-state index contributed by atoms with van der Waals surface area (Å²) in [4.78, 5) is 13.5. The molecule has 0 spiro atoms. The maximum absolute atomic E-state index is 13.5. The van der Waals surface area contributed by atoms with Gasteiger partial charge >= 0.3 is 0 Å². The maximum atomic E-state index is 13.5. The molecule has 2 N–H and O–H groups in total. The van der Waals surface area contributed by atoms with Crippen LogP contribution in [-0.2, 0) is 7.05 Å². The monoisotopic (exact) mass is 419 g/mol. The van der Waals surface area contributed by atoms with Crippen molar-refractivity contribution in [1.29, 1.82) is 5.26 Å². The van der Waals surface area contributed by atoms with Crippen molar-refractivity contribution in [3.8, 4) is 29.1 Å². The number of nitrogens with two attached hydrogens (primary N) is 1. The summed E-state index contributed by atoms with van der Waals surface area (Å²) in [5.41, 5.74) is 7.51. The Hall–Kier alpha value is -4.12. The lowest BCUT2D eigenvalue weighted by atomic mass is 9.82. The summed E-state index contributed by atoms with van der Waals surface area (Å²) in [6.45, 7) is 0. The number of hydrogen-bond donors (Lipinski definition) is 1. The van der Waals surface area contributed by atoms with Crippen LogP contribution in [-0.4, -0.2) is 25.9 Å². The van der Waals surface area contributed by atoms with Crippen molar-refractivity contribution in [1.82, 2.24) is 4.57 Å². The summed E-state index contributed by atoms with van der Waals surface area (Å²) in [5.74, 6) is 0.766. The first kappa shape index (κ1) is 20.2. The first-order valence-electron chi connectivity index (χ1n) is 9.45. The minimum absolute atomic E-state index is 0.0600. The van der Waals surface area contributed by atoms with Crippen LogP contribution in [0.1, 0.15) is 17.0 Å². The van der Waals surface area contributed by atoms with Crippen molar-refractivity contribution in [3.63, 3.8) is 0 Å². The van der Waals surface area contributed by atoms with Gasteiger partial charge < -0.3 is 29.2 Å². The average Bonchev–Trinajstić information content (AvgIpc) is 2.80. The fourth-order valence-corrected chi connectivity index (χ4v) is 4.02. The third-order valence-electron chi connectivity index (χ3n) is 5.51. The number of benzene rings is 2. The second kappa shape index (κ2) is 7.61. The second-order valence-electron chi connectivity index (χ2n) is 7.00. The minimum Gasteiger partial charge on any atom is -0.496 e. The number of allylic oxidation sites excluding steroid dienone is 1. The van der Waals surface area contributed by atoms with E-state index in [1.165, 1.54) is 25.9 Å². The quantitative estimate of drug-likeness (QED) is 0.693. The van der Waals surface area contributed by atoms with Crippen molar-refractivity contribution in [2.45, 2.75) is 5.92 Å². The van der Waals surface area contributed by atoms with Gasteiger partial charge in [0.1, 0.15) is 23.1 Å². The standard InChI is InChI=1S/C23H21N3O5/c1-26-15-8-6-5-7-12(15)21-20(23(26)27)19(14(11-24)22(25)31-21)13-9-17(29-3)18(30-4)10-16(13)28-2/h5-10,19H,25H2,1-4H3. The molecular formula is C23H21N3O5. The topological polar surface area (TPSA) is 109 Å². The highest BCUT2D eigenvalue weighted by Crippen LogP contribution is 2.48. The summed E-state index contributed by atoms with van der Waals surface area (Å²) in [6, 6.07) is 12.8. The van der Waals surface area contributed by atoms with Crippen molar-refractivity contribution in [2.24, 2.45) is 12.8 Å². The molecule has 0 fully saturated rings. The van der Waals surface area contributed by atoms with Crippen LogP contribution >= 0.6 is 0 Å². The molecule has 1 unspecified atom stereocenters. The van der Waals surface area contributed by atoms with Crippen LogP contribution in [0.5, 0.6) is 23.0 Å². The number of rotatable bonds is 4. The molecule has 0 aliphatic carbocycles. The van der Waals surface area contributed by atoms with Crippen LogP contribution < -0.4 is 30.2 Å². The average molecular weight is 419 g/mol. The van der Waals surface area contributed by atoms with E-state index >= 15 is 0 Å². The van der Waals surface area contributed by atoms with E-state index in [2.05, 4.69) is 6.07 Å². The fourth-order valence-electron chi connectivity index (χ4n) is 4.02. The number of nitriles is 1. The van der Waals surface area contributed by atoms with Gasteiger partial charge in [0.15, 0.2) is 11.5 Å². The largest absolute Gasteiger partial charge is 0.496 e. The predicted octanol–water partition coefficient (Wildman–Crippen LogP) is 2.78. The molecule has 0 bridgehead atoms. The highest BCUT2D eigenvalue weighted by atomic mass is 16.5. The molecule has 8 nitrogen and oxygen atoms in total. The van der Waals surface area contributed by atoms with Gasteiger partial charge in [-0.25, -0.2) is 0 Å². The Balaban J connectivity index is 2.14. The third-order valence-corrected chi connectivity index (χ3v) is 5.51. The van der Waals surface area contributed by atoms with Gasteiger partial charge in [0.2, 0.25) is 5.88 Å². The van der Waals surface area contributed by atoms with Gasteiger partial charge in [-0.15, -0.1) is 0 Å². The Bertz CT molecular complexity index is 1330. The zero-order valence-electron chi connectivity index (χ0n) is 17.6. The number of hydrogen-bond acceptors (Lipinski definition) is 7. The highest BCUT2D eigenvalue weighted by Gasteiger charge is 2.37. The normalized spacial score (nSPS) is 15.1. The van der Waals surface area contributed by atoms with Crippen LogP contribution in [0, 0.1) is 11.3 Å². The fraction of sp³-hybridized carbons (Fsp3) is 0.217. The Labute approximate surface area is 178 Å². The molecule has 3 aromatic rings. The van der Waals surface area contributed by atoms with Gasteiger partial charge in [0.25, 0.3) is 5.56 Å². The molecule has 158 valence electrons. The molecule has 0 saturated heterocycles. The summed E-state index contributed by atoms with van der Waals surface area (Å²) < 4.78 is 23.8. The summed E-state index contributed by atoms with van der Waals surface area (Å²) in [6.07, 6.45) is 0. The smallest absolute Gasteiger partial charge is 0.258 e. The molecule has 1 aromatic heterocycles. The predicted molar refractivity (Wildman–Crippen MR) is 115 cm³/mol. The van der Waals surface area contributed by atoms with Crippen molar-refractivity contribution in [2.75, 3.05) is 21.3 Å². The highest BCUT2D eigenvalue weighted by molar-refractivity contribution is 5.88. The molecule has 2 heterocycles. The van der Waals surface area contributed by atoms with E-state index in [1.54, 1.807) is 19.2 Å². The molecule has 4 rings (SSSR count). The summed E-state index contributed by atoms with van der Waals surface area (Å²) in [5, 5.41) is 10.6. The molecule has 1 aliphatic rings. The number of aromatic nitrogens is 1. The van der Waals surface area contributed by atoms with E-state index in [0.717, 1.165) is 0 Å². The van der Waals surface area contributed by atoms with E-state index in [-0.39, 0.29) is 17.0 Å². The molecule has 1 atom stereocenters. The maximum Gasteiger partial charge on any atom is 0.258 e. The lowest BCUT2D eigenvalue weighted by Crippen LogP contribution is -2.31. The van der Waals surface area contributed by atoms with Crippen molar-refractivity contribution < 1.29 is 18.9 Å². The summed E-state index contributed by atoms with van der Waals surface area (Å²) in [7, 11) is 6.21. The zero-order chi connectivity index (χ0) is 22.3. The lowest BCUT2D eigenvalue weighted by Gasteiger charge is -2.29. The Morgan fingerprint density at radius 2 is 1.71 bits per heavy atom. The number of fused-ring (bicyclic) bond motifs is 3. The van der Waals surface area contributed by atoms with Crippen LogP contribution in [0.2, 0.25) is 0 Å². The van der Waals surface area contributed by atoms with Gasteiger partial charge in [-0.1, -0.05) is 12.1 Å². The first-order valence-corrected chi connectivity index (χ1v) is 9.45. The first-order chi connectivity index (χ1) is 15.0. The van der Waals surface area contributed by atoms with E-state index in [0.29, 0.717) is 45.0 Å². The van der Waals surface area contributed by atoms with Crippen molar-refractivity contribution in [3.05, 3.63) is 69.3 Å². The van der Waals surface area contributed by atoms with Crippen LogP contribution in [0.25, 0.3) is 10.9 Å². The number of aryl methyl sites for hydroxylation is 1. The van der Waals surface area contributed by atoms with Crippen LogP contribution in [0.15, 0.2) is 52.6 Å². The van der Waals surface area contributed by atoms with Gasteiger partial charge in [-0.05, 0) is 18.2 Å². The Morgan fingerprint density at radius 3 is 2.35 bits per heavy atom. The number of para-hydroxylation sites is 1. The Kier molecular flexibility index (Phi) is 4.95. The molecular weight excluding hydrogens is 398 g/mol. The van der Waals surface area contributed by atoms with Crippen molar-refractivity contribution >= 4 is 10.9 Å². The zero-order valence-corrected chi connectivity index (χ0v) is 17.6. The molecule has 0 saturated carbocycles. The van der Waals surface area contributed by atoms with Gasteiger partial charge in [0, 0.05) is 24.1 Å². The van der Waals surface area contributed by atoms with Gasteiger partial charge in [-0.2, -0.15) is 5.26 Å². The van der Waals surface area contributed by atoms with Gasteiger partial charge in [0.05, 0.1) is 38.3 Å². The van der Waals surface area contributed by atoms with E-state index in [1.807, 2.05) is 24.3 Å². The number of ether oxygens (including phenoxy) is 4. The second-order valence-corrected chi connectivity index (χ2v) is 7.00. The van der Waals surface area contributed by atoms with E-state index in [9.17, 15) is 10.1 Å². The SMILES string of the molecule is COc1cc(OC)c(C2C(C#N)=C(N)Oc3c2c(=O)n(C)c2ccccc32)cc1OC. The number of pyridine rings is 1.